The Kier molecular flexibility index (Phi) is 7.49. The SMILES string of the molecule is COCC1CCCCN1Cc1cnc(S(=O)(=O)CC(C)C)n1Cc1ccccc1. The van der Waals surface area contributed by atoms with Crippen molar-refractivity contribution in [2.24, 2.45) is 5.92 Å². The van der Waals surface area contributed by atoms with Gasteiger partial charge in [-0.1, -0.05) is 50.6 Å². The highest BCUT2D eigenvalue weighted by Gasteiger charge is 2.28. The van der Waals surface area contributed by atoms with Gasteiger partial charge in [-0.2, -0.15) is 0 Å². The van der Waals surface area contributed by atoms with Crippen molar-refractivity contribution < 1.29 is 13.2 Å². The molecule has 1 aliphatic heterocycles. The number of rotatable bonds is 9. The molecular formula is C22H33N3O3S. The van der Waals surface area contributed by atoms with Gasteiger partial charge in [-0.25, -0.2) is 13.4 Å². The van der Waals surface area contributed by atoms with Gasteiger partial charge in [-0.15, -0.1) is 0 Å². The van der Waals surface area contributed by atoms with E-state index in [1.807, 2.05) is 48.7 Å². The monoisotopic (exact) mass is 419 g/mol. The maximum atomic E-state index is 13.0. The van der Waals surface area contributed by atoms with Crippen molar-refractivity contribution in [2.45, 2.75) is 57.4 Å². The predicted molar refractivity (Wildman–Crippen MR) is 115 cm³/mol. The average molecular weight is 420 g/mol. The third-order valence-electron chi connectivity index (χ3n) is 5.39. The van der Waals surface area contributed by atoms with Gasteiger partial charge in [0.1, 0.15) is 0 Å². The van der Waals surface area contributed by atoms with Crippen LogP contribution < -0.4 is 0 Å². The first-order chi connectivity index (χ1) is 13.9. The van der Waals surface area contributed by atoms with Crippen molar-refractivity contribution in [3.05, 3.63) is 47.8 Å². The molecule has 0 bridgehead atoms. The van der Waals surface area contributed by atoms with Gasteiger partial charge in [0.25, 0.3) is 0 Å². The van der Waals surface area contributed by atoms with Gasteiger partial charge in [0, 0.05) is 19.7 Å². The first kappa shape index (κ1) is 22.0. The number of nitrogens with zero attached hydrogens (tertiary/aromatic N) is 3. The minimum atomic E-state index is -3.45. The summed E-state index contributed by atoms with van der Waals surface area (Å²) in [6.45, 7) is 6.73. The molecule has 1 aromatic heterocycles. The molecule has 0 radical (unpaired) electrons. The van der Waals surface area contributed by atoms with E-state index in [2.05, 4.69) is 9.88 Å². The number of benzene rings is 1. The lowest BCUT2D eigenvalue weighted by Gasteiger charge is -2.35. The number of piperidine rings is 1. The number of hydrogen-bond donors (Lipinski definition) is 0. The standard InChI is InChI=1S/C22H33N3O3S/c1-18(2)17-29(26,27)22-23-13-21(25(22)14-19-9-5-4-6-10-19)15-24-12-8-7-11-20(24)16-28-3/h4-6,9-10,13,18,20H,7-8,11-12,14-17H2,1-3H3. The second kappa shape index (κ2) is 9.87. The largest absolute Gasteiger partial charge is 0.383 e. The highest BCUT2D eigenvalue weighted by Crippen LogP contribution is 2.23. The van der Waals surface area contributed by atoms with Crippen molar-refractivity contribution in [3.8, 4) is 0 Å². The molecule has 1 atom stereocenters. The van der Waals surface area contributed by atoms with Gasteiger partial charge < -0.3 is 9.30 Å². The smallest absolute Gasteiger partial charge is 0.228 e. The Morgan fingerprint density at radius 2 is 1.93 bits per heavy atom. The molecule has 0 N–H and O–H groups in total. The second-order valence-corrected chi connectivity index (χ2v) is 10.3. The molecule has 1 aliphatic rings. The summed E-state index contributed by atoms with van der Waals surface area (Å²) in [5.41, 5.74) is 2.01. The highest BCUT2D eigenvalue weighted by molar-refractivity contribution is 7.91. The average Bonchev–Trinajstić information content (AvgIpc) is 3.07. The van der Waals surface area contributed by atoms with Crippen molar-refractivity contribution in [1.82, 2.24) is 14.5 Å². The van der Waals surface area contributed by atoms with Crippen LogP contribution in [-0.4, -0.2) is 54.9 Å². The van der Waals surface area contributed by atoms with Crippen LogP contribution in [0.25, 0.3) is 0 Å². The van der Waals surface area contributed by atoms with Crippen LogP contribution in [0, 0.1) is 5.92 Å². The van der Waals surface area contributed by atoms with E-state index < -0.39 is 9.84 Å². The quantitative estimate of drug-likeness (QED) is 0.624. The van der Waals surface area contributed by atoms with Crippen LogP contribution >= 0.6 is 0 Å². The normalized spacial score (nSPS) is 18.4. The molecule has 6 nitrogen and oxygen atoms in total. The van der Waals surface area contributed by atoms with E-state index in [1.54, 1.807) is 13.3 Å². The van der Waals surface area contributed by atoms with Crippen molar-refractivity contribution in [2.75, 3.05) is 26.0 Å². The Morgan fingerprint density at radius 1 is 1.17 bits per heavy atom. The van der Waals surface area contributed by atoms with Crippen molar-refractivity contribution in [3.63, 3.8) is 0 Å². The highest BCUT2D eigenvalue weighted by atomic mass is 32.2. The van der Waals surface area contributed by atoms with E-state index in [4.69, 9.17) is 4.74 Å². The molecule has 2 aromatic rings. The molecular weight excluding hydrogens is 386 g/mol. The fourth-order valence-electron chi connectivity index (χ4n) is 4.07. The van der Waals surface area contributed by atoms with Crippen LogP contribution in [0.5, 0.6) is 0 Å². The zero-order valence-corrected chi connectivity index (χ0v) is 18.6. The third-order valence-corrected chi connectivity index (χ3v) is 7.38. The summed E-state index contributed by atoms with van der Waals surface area (Å²) >= 11 is 0. The van der Waals surface area contributed by atoms with E-state index in [0.29, 0.717) is 25.7 Å². The fourth-order valence-corrected chi connectivity index (χ4v) is 5.83. The lowest BCUT2D eigenvalue weighted by molar-refractivity contribution is 0.0585. The molecule has 0 aliphatic carbocycles. The molecule has 0 saturated carbocycles. The van der Waals surface area contributed by atoms with Crippen LogP contribution in [0.3, 0.4) is 0 Å². The van der Waals surface area contributed by atoms with Gasteiger partial charge in [-0.05, 0) is 30.9 Å². The van der Waals surface area contributed by atoms with Gasteiger partial charge >= 0.3 is 0 Å². The molecule has 7 heteroatoms. The summed E-state index contributed by atoms with van der Waals surface area (Å²) < 4.78 is 33.3. The molecule has 1 saturated heterocycles. The number of likely N-dealkylation sites (tertiary alicyclic amines) is 1. The first-order valence-electron chi connectivity index (χ1n) is 10.4. The summed E-state index contributed by atoms with van der Waals surface area (Å²) in [7, 11) is -1.71. The fraction of sp³-hybridized carbons (Fsp3) is 0.591. The molecule has 1 fully saturated rings. The van der Waals surface area contributed by atoms with Crippen LogP contribution in [0.15, 0.2) is 41.7 Å². The van der Waals surface area contributed by atoms with E-state index >= 15 is 0 Å². The minimum Gasteiger partial charge on any atom is -0.383 e. The van der Waals surface area contributed by atoms with Gasteiger partial charge in [0.2, 0.25) is 15.0 Å². The Balaban J connectivity index is 1.93. The molecule has 2 heterocycles. The van der Waals surface area contributed by atoms with Gasteiger partial charge in [0.15, 0.2) is 0 Å². The van der Waals surface area contributed by atoms with Gasteiger partial charge in [-0.3, -0.25) is 4.90 Å². The summed E-state index contributed by atoms with van der Waals surface area (Å²) in [4.78, 5) is 6.80. The number of aromatic nitrogens is 2. The molecule has 1 aromatic carbocycles. The molecule has 0 spiro atoms. The van der Waals surface area contributed by atoms with E-state index in [-0.39, 0.29) is 16.8 Å². The lowest BCUT2D eigenvalue weighted by Crippen LogP contribution is -2.42. The Labute approximate surface area is 174 Å². The third kappa shape index (κ3) is 5.68. The van der Waals surface area contributed by atoms with Crippen molar-refractivity contribution >= 4 is 9.84 Å². The van der Waals surface area contributed by atoms with Crippen LogP contribution in [0.1, 0.15) is 44.4 Å². The summed E-state index contributed by atoms with van der Waals surface area (Å²) in [5, 5.41) is 0.186. The Morgan fingerprint density at radius 3 is 2.62 bits per heavy atom. The van der Waals surface area contributed by atoms with Crippen LogP contribution in [-0.2, 0) is 27.7 Å². The van der Waals surface area contributed by atoms with E-state index in [0.717, 1.165) is 30.6 Å². The number of sulfone groups is 1. The predicted octanol–water partition coefficient (Wildman–Crippen LogP) is 3.36. The number of hydrogen-bond acceptors (Lipinski definition) is 5. The zero-order valence-electron chi connectivity index (χ0n) is 17.8. The van der Waals surface area contributed by atoms with E-state index in [1.165, 1.54) is 6.42 Å². The second-order valence-electron chi connectivity index (χ2n) is 8.35. The molecule has 29 heavy (non-hydrogen) atoms. The number of methoxy groups -OCH3 is 1. The van der Waals surface area contributed by atoms with Crippen LogP contribution in [0.2, 0.25) is 0 Å². The van der Waals surface area contributed by atoms with Gasteiger partial charge in [0.05, 0.1) is 30.8 Å². The molecule has 160 valence electrons. The summed E-state index contributed by atoms with van der Waals surface area (Å²) in [5.74, 6) is 0.160. The van der Waals surface area contributed by atoms with Crippen LogP contribution in [0.4, 0.5) is 0 Å². The molecule has 0 amide bonds. The minimum absolute atomic E-state index is 0.0542. The lowest BCUT2D eigenvalue weighted by atomic mass is 10.0. The molecule has 1 unspecified atom stereocenters. The Bertz CT molecular complexity index is 876. The maximum Gasteiger partial charge on any atom is 0.228 e. The topological polar surface area (TPSA) is 64.4 Å². The summed E-state index contributed by atoms with van der Waals surface area (Å²) in [6.07, 6.45) is 5.22. The summed E-state index contributed by atoms with van der Waals surface area (Å²) in [6, 6.07) is 10.3. The van der Waals surface area contributed by atoms with E-state index in [9.17, 15) is 8.42 Å². The first-order valence-corrected chi connectivity index (χ1v) is 12.1. The van der Waals surface area contributed by atoms with Crippen molar-refractivity contribution in [1.29, 1.82) is 0 Å². The Hall–Kier alpha value is -1.70. The zero-order chi connectivity index (χ0) is 20.9. The molecule has 3 rings (SSSR count). The number of imidazole rings is 1. The maximum absolute atomic E-state index is 13.0. The number of ether oxygens (including phenoxy) is 1.